The van der Waals surface area contributed by atoms with Crippen molar-refractivity contribution < 1.29 is 22.4 Å². The number of benzene rings is 2. The first-order valence-electron chi connectivity index (χ1n) is 11.6. The van der Waals surface area contributed by atoms with Crippen LogP contribution in [0.1, 0.15) is 40.6 Å². The maximum atomic E-state index is 13.4. The van der Waals surface area contributed by atoms with Gasteiger partial charge in [-0.05, 0) is 61.8 Å². The summed E-state index contributed by atoms with van der Waals surface area (Å²) in [4.78, 5) is 15.3. The number of nitrogens with one attached hydrogen (secondary N) is 1. The van der Waals surface area contributed by atoms with E-state index in [0.717, 1.165) is 37.3 Å². The monoisotopic (exact) mass is 497 g/mol. The third kappa shape index (κ3) is 5.75. The molecule has 2 aromatic carbocycles. The smallest absolute Gasteiger partial charge is 0.251 e. The van der Waals surface area contributed by atoms with Crippen molar-refractivity contribution in [1.82, 2.24) is 14.5 Å². The SMILES string of the molecule is COc1ccc(C(=O)NC[C@H](c2ccco2)N2CCCC2)cc1S(=O)(=O)N(C)Cc1ccccc1. The highest BCUT2D eigenvalue weighted by Gasteiger charge is 2.28. The Balaban J connectivity index is 1.52. The van der Waals surface area contributed by atoms with Gasteiger partial charge in [0.15, 0.2) is 0 Å². The summed E-state index contributed by atoms with van der Waals surface area (Å²) in [7, 11) is -0.986. The molecule has 9 heteroatoms. The summed E-state index contributed by atoms with van der Waals surface area (Å²) >= 11 is 0. The summed E-state index contributed by atoms with van der Waals surface area (Å²) in [5.74, 6) is 0.630. The summed E-state index contributed by atoms with van der Waals surface area (Å²) in [5, 5.41) is 2.96. The average molecular weight is 498 g/mol. The van der Waals surface area contributed by atoms with Gasteiger partial charge < -0.3 is 14.5 Å². The number of likely N-dealkylation sites (tertiary alicyclic amines) is 1. The molecule has 4 rings (SSSR count). The topological polar surface area (TPSA) is 92.1 Å². The van der Waals surface area contributed by atoms with Crippen LogP contribution in [-0.2, 0) is 16.6 Å². The molecule has 1 aromatic heterocycles. The van der Waals surface area contributed by atoms with Crippen LogP contribution < -0.4 is 10.1 Å². The molecule has 1 aliphatic heterocycles. The second-order valence-electron chi connectivity index (χ2n) is 8.60. The zero-order valence-electron chi connectivity index (χ0n) is 20.0. The van der Waals surface area contributed by atoms with Crippen LogP contribution in [0.5, 0.6) is 5.75 Å². The Morgan fingerprint density at radius 3 is 2.51 bits per heavy atom. The molecule has 0 spiro atoms. The molecule has 35 heavy (non-hydrogen) atoms. The first-order chi connectivity index (χ1) is 16.9. The number of furan rings is 1. The maximum Gasteiger partial charge on any atom is 0.251 e. The number of hydrogen-bond donors (Lipinski definition) is 1. The van der Waals surface area contributed by atoms with E-state index >= 15 is 0 Å². The largest absolute Gasteiger partial charge is 0.495 e. The third-order valence-corrected chi connectivity index (χ3v) is 8.10. The van der Waals surface area contributed by atoms with Gasteiger partial charge in [-0.25, -0.2) is 8.42 Å². The maximum absolute atomic E-state index is 13.4. The Bertz CT molecular complexity index is 1220. The minimum atomic E-state index is -3.91. The van der Waals surface area contributed by atoms with Gasteiger partial charge in [0.25, 0.3) is 5.91 Å². The van der Waals surface area contributed by atoms with Crippen molar-refractivity contribution in [2.24, 2.45) is 0 Å². The van der Waals surface area contributed by atoms with E-state index in [1.807, 2.05) is 42.5 Å². The fourth-order valence-corrected chi connectivity index (χ4v) is 5.68. The van der Waals surface area contributed by atoms with Gasteiger partial charge in [-0.2, -0.15) is 4.31 Å². The normalized spacial score (nSPS) is 15.3. The number of carbonyl (C=O) groups is 1. The lowest BCUT2D eigenvalue weighted by atomic mass is 10.1. The highest BCUT2D eigenvalue weighted by molar-refractivity contribution is 7.89. The highest BCUT2D eigenvalue weighted by Crippen LogP contribution is 2.29. The number of amides is 1. The molecular formula is C26H31N3O5S. The Morgan fingerprint density at radius 1 is 1.11 bits per heavy atom. The summed E-state index contributed by atoms with van der Waals surface area (Å²) in [5.41, 5.74) is 1.11. The third-order valence-electron chi connectivity index (χ3n) is 6.27. The number of ether oxygens (including phenoxy) is 1. The number of hydrogen-bond acceptors (Lipinski definition) is 6. The molecule has 1 N–H and O–H groups in total. The van der Waals surface area contributed by atoms with Gasteiger partial charge >= 0.3 is 0 Å². The fraction of sp³-hybridized carbons (Fsp3) is 0.346. The van der Waals surface area contributed by atoms with Crippen LogP contribution in [0.4, 0.5) is 0 Å². The first-order valence-corrected chi connectivity index (χ1v) is 13.1. The summed E-state index contributed by atoms with van der Waals surface area (Å²) in [6.07, 6.45) is 3.86. The van der Waals surface area contributed by atoms with Crippen molar-refractivity contribution in [3.63, 3.8) is 0 Å². The van der Waals surface area contributed by atoms with Crippen molar-refractivity contribution in [2.45, 2.75) is 30.3 Å². The van der Waals surface area contributed by atoms with Crippen molar-refractivity contribution in [3.05, 3.63) is 83.8 Å². The summed E-state index contributed by atoms with van der Waals surface area (Å²) < 4.78 is 39.0. The second kappa shape index (κ2) is 11.1. The van der Waals surface area contributed by atoms with Crippen LogP contribution in [0.3, 0.4) is 0 Å². The molecule has 1 saturated heterocycles. The lowest BCUT2D eigenvalue weighted by Gasteiger charge is -2.26. The lowest BCUT2D eigenvalue weighted by molar-refractivity contribution is 0.0933. The minimum absolute atomic E-state index is 0.0480. The zero-order chi connectivity index (χ0) is 24.8. The fourth-order valence-electron chi connectivity index (χ4n) is 4.35. The molecule has 1 aliphatic rings. The first kappa shape index (κ1) is 25.0. The molecule has 1 fully saturated rings. The van der Waals surface area contributed by atoms with E-state index in [9.17, 15) is 13.2 Å². The van der Waals surface area contributed by atoms with Crippen molar-refractivity contribution in [1.29, 1.82) is 0 Å². The minimum Gasteiger partial charge on any atom is -0.495 e. The molecule has 0 radical (unpaired) electrons. The highest BCUT2D eigenvalue weighted by atomic mass is 32.2. The van der Waals surface area contributed by atoms with Gasteiger partial charge in [-0.1, -0.05) is 30.3 Å². The number of methoxy groups -OCH3 is 1. The van der Waals surface area contributed by atoms with Gasteiger partial charge in [0.2, 0.25) is 10.0 Å². The van der Waals surface area contributed by atoms with Crippen LogP contribution in [0.2, 0.25) is 0 Å². The van der Waals surface area contributed by atoms with Gasteiger partial charge in [0, 0.05) is 25.7 Å². The van der Waals surface area contributed by atoms with Gasteiger partial charge in [-0.3, -0.25) is 9.69 Å². The number of rotatable bonds is 10. The predicted molar refractivity (Wildman–Crippen MR) is 133 cm³/mol. The standard InChI is InChI=1S/C26H31N3O5S/c1-28(19-20-9-4-3-5-10-20)35(31,32)25-17-21(12-13-24(25)33-2)26(30)27-18-22(23-11-8-16-34-23)29-14-6-7-15-29/h3-5,8-13,16-17,22H,6-7,14-15,18-19H2,1-2H3,(H,27,30)/t22-/m1/s1. The van der Waals surface area contributed by atoms with E-state index in [0.29, 0.717) is 6.54 Å². The molecule has 0 bridgehead atoms. The molecule has 0 unspecified atom stereocenters. The van der Waals surface area contributed by atoms with Crippen LogP contribution in [0, 0.1) is 0 Å². The lowest BCUT2D eigenvalue weighted by Crippen LogP contribution is -2.36. The molecule has 8 nitrogen and oxygen atoms in total. The Kier molecular flexibility index (Phi) is 7.90. The molecule has 0 saturated carbocycles. The van der Waals surface area contributed by atoms with Gasteiger partial charge in [-0.15, -0.1) is 0 Å². The second-order valence-corrected chi connectivity index (χ2v) is 10.6. The zero-order valence-corrected chi connectivity index (χ0v) is 20.8. The van der Waals surface area contributed by atoms with Crippen molar-refractivity contribution in [2.75, 3.05) is 33.8 Å². The molecule has 3 aromatic rings. The van der Waals surface area contributed by atoms with Crippen LogP contribution in [0.25, 0.3) is 0 Å². The Labute approximate surface area is 206 Å². The van der Waals surface area contributed by atoms with E-state index in [1.165, 1.54) is 30.6 Å². The molecule has 1 atom stereocenters. The van der Waals surface area contributed by atoms with E-state index < -0.39 is 10.0 Å². The van der Waals surface area contributed by atoms with Crippen LogP contribution in [-0.4, -0.2) is 57.3 Å². The van der Waals surface area contributed by atoms with Gasteiger partial charge in [0.1, 0.15) is 16.4 Å². The summed E-state index contributed by atoms with van der Waals surface area (Å²) in [6.45, 7) is 2.44. The molecule has 0 aliphatic carbocycles. The summed E-state index contributed by atoms with van der Waals surface area (Å²) in [6, 6.07) is 17.5. The van der Waals surface area contributed by atoms with Crippen molar-refractivity contribution in [3.8, 4) is 5.75 Å². The van der Waals surface area contributed by atoms with Crippen molar-refractivity contribution >= 4 is 15.9 Å². The van der Waals surface area contributed by atoms with E-state index in [2.05, 4.69) is 10.2 Å². The number of nitrogens with zero attached hydrogens (tertiary/aromatic N) is 2. The van der Waals surface area contributed by atoms with Crippen LogP contribution >= 0.6 is 0 Å². The Hall–Kier alpha value is -3.14. The molecule has 1 amide bonds. The molecule has 2 heterocycles. The Morgan fingerprint density at radius 2 is 1.86 bits per heavy atom. The number of sulfonamides is 1. The van der Waals surface area contributed by atoms with E-state index in [1.54, 1.807) is 12.3 Å². The molecular weight excluding hydrogens is 466 g/mol. The number of carbonyl (C=O) groups excluding carboxylic acids is 1. The molecule has 186 valence electrons. The van der Waals surface area contributed by atoms with E-state index in [-0.39, 0.29) is 34.7 Å². The quantitative estimate of drug-likeness (QED) is 0.460. The predicted octanol–water partition coefficient (Wildman–Crippen LogP) is 3.68. The van der Waals surface area contributed by atoms with Gasteiger partial charge in [0.05, 0.1) is 19.4 Å². The average Bonchev–Trinajstić information content (AvgIpc) is 3.59. The van der Waals surface area contributed by atoms with E-state index in [4.69, 9.17) is 9.15 Å². The van der Waals surface area contributed by atoms with Crippen LogP contribution in [0.15, 0.2) is 76.2 Å².